The SMILES string of the molecule is C[C@]12CCC(=O)N1CCCN2Cc1cnn(-c2ccc(Cl)cc2)c1. The molecular formula is C18H21ClN4O. The molecule has 1 aromatic heterocycles. The fourth-order valence-electron chi connectivity index (χ4n) is 3.88. The molecule has 0 unspecified atom stereocenters. The third kappa shape index (κ3) is 2.62. The second kappa shape index (κ2) is 5.90. The van der Waals surface area contributed by atoms with Crippen molar-refractivity contribution in [3.05, 3.63) is 47.2 Å². The Kier molecular flexibility index (Phi) is 3.85. The Balaban J connectivity index is 1.53. The third-order valence-electron chi connectivity index (χ3n) is 5.29. The van der Waals surface area contributed by atoms with E-state index < -0.39 is 0 Å². The predicted octanol–water partition coefficient (Wildman–Crippen LogP) is 3.07. The third-order valence-corrected chi connectivity index (χ3v) is 5.54. The van der Waals surface area contributed by atoms with Gasteiger partial charge in [-0.25, -0.2) is 4.68 Å². The quantitative estimate of drug-likeness (QED) is 0.859. The van der Waals surface area contributed by atoms with Gasteiger partial charge in [-0.05, 0) is 44.0 Å². The van der Waals surface area contributed by atoms with Crippen molar-refractivity contribution in [2.45, 2.75) is 38.4 Å². The summed E-state index contributed by atoms with van der Waals surface area (Å²) in [5, 5.41) is 5.19. The van der Waals surface area contributed by atoms with Gasteiger partial charge < -0.3 is 4.90 Å². The monoisotopic (exact) mass is 344 g/mol. The van der Waals surface area contributed by atoms with Crippen LogP contribution in [0.25, 0.3) is 5.69 Å². The summed E-state index contributed by atoms with van der Waals surface area (Å²) in [4.78, 5) is 16.6. The van der Waals surface area contributed by atoms with E-state index >= 15 is 0 Å². The Bertz CT molecular complexity index is 757. The van der Waals surface area contributed by atoms with Crippen LogP contribution in [0.1, 0.15) is 31.7 Å². The molecule has 2 saturated heterocycles. The molecule has 0 radical (unpaired) electrons. The average Bonchev–Trinajstić information content (AvgIpc) is 3.15. The molecule has 5 nitrogen and oxygen atoms in total. The van der Waals surface area contributed by atoms with Gasteiger partial charge in [-0.2, -0.15) is 5.10 Å². The van der Waals surface area contributed by atoms with Crippen LogP contribution >= 0.6 is 11.6 Å². The highest BCUT2D eigenvalue weighted by atomic mass is 35.5. The maximum atomic E-state index is 12.1. The summed E-state index contributed by atoms with van der Waals surface area (Å²) in [6.07, 6.45) is 6.58. The lowest BCUT2D eigenvalue weighted by molar-refractivity contribution is -0.141. The maximum absolute atomic E-state index is 12.1. The molecule has 6 heteroatoms. The molecule has 24 heavy (non-hydrogen) atoms. The standard InChI is InChI=1S/C18H21ClN4O/c1-18-8-7-17(24)22(18)10-2-9-21(18)12-14-11-20-23(13-14)16-5-3-15(19)4-6-16/h3-6,11,13H,2,7-10,12H2,1H3/t18-/m1/s1. The van der Waals surface area contributed by atoms with E-state index in [4.69, 9.17) is 11.6 Å². The summed E-state index contributed by atoms with van der Waals surface area (Å²) in [7, 11) is 0. The molecule has 2 aliphatic heterocycles. The van der Waals surface area contributed by atoms with E-state index in [1.807, 2.05) is 35.1 Å². The predicted molar refractivity (Wildman–Crippen MR) is 93.0 cm³/mol. The molecule has 4 rings (SSSR count). The lowest BCUT2D eigenvalue weighted by Gasteiger charge is -2.48. The fraction of sp³-hybridized carbons (Fsp3) is 0.444. The van der Waals surface area contributed by atoms with Crippen LogP contribution in [-0.4, -0.2) is 44.2 Å². The van der Waals surface area contributed by atoms with Crippen molar-refractivity contribution in [2.75, 3.05) is 13.1 Å². The molecule has 1 amide bonds. The molecule has 0 saturated carbocycles. The molecule has 0 bridgehead atoms. The number of aromatic nitrogens is 2. The number of rotatable bonds is 3. The van der Waals surface area contributed by atoms with Crippen molar-refractivity contribution in [3.63, 3.8) is 0 Å². The zero-order chi connectivity index (χ0) is 16.7. The summed E-state index contributed by atoms with van der Waals surface area (Å²) in [6.45, 7) is 4.91. The number of fused-ring (bicyclic) bond motifs is 1. The van der Waals surface area contributed by atoms with Crippen LogP contribution in [0.3, 0.4) is 0 Å². The van der Waals surface area contributed by atoms with Crippen LogP contribution in [0.5, 0.6) is 0 Å². The van der Waals surface area contributed by atoms with Gasteiger partial charge in [0.05, 0.1) is 17.5 Å². The Morgan fingerprint density at radius 3 is 2.83 bits per heavy atom. The molecule has 0 N–H and O–H groups in total. The van der Waals surface area contributed by atoms with Crippen LogP contribution in [-0.2, 0) is 11.3 Å². The van der Waals surface area contributed by atoms with E-state index in [0.717, 1.165) is 48.7 Å². The molecular weight excluding hydrogens is 324 g/mol. The van der Waals surface area contributed by atoms with Crippen LogP contribution in [0.15, 0.2) is 36.7 Å². The molecule has 0 spiro atoms. The summed E-state index contributed by atoms with van der Waals surface area (Å²) in [6, 6.07) is 7.65. The molecule has 1 atom stereocenters. The highest BCUT2D eigenvalue weighted by Crippen LogP contribution is 2.37. The van der Waals surface area contributed by atoms with Gasteiger partial charge in [0.2, 0.25) is 5.91 Å². The first-order valence-electron chi connectivity index (χ1n) is 8.41. The normalized spacial score (nSPS) is 24.4. The maximum Gasteiger partial charge on any atom is 0.224 e. The van der Waals surface area contributed by atoms with Crippen LogP contribution in [0.2, 0.25) is 5.02 Å². The minimum Gasteiger partial charge on any atom is -0.324 e. The number of carbonyl (C=O) groups is 1. The number of carbonyl (C=O) groups excluding carboxylic acids is 1. The number of nitrogens with zero attached hydrogens (tertiary/aromatic N) is 4. The molecule has 2 fully saturated rings. The molecule has 1 aromatic carbocycles. The topological polar surface area (TPSA) is 41.4 Å². The minimum atomic E-state index is -0.141. The van der Waals surface area contributed by atoms with Crippen molar-refractivity contribution < 1.29 is 4.79 Å². The average molecular weight is 345 g/mol. The van der Waals surface area contributed by atoms with E-state index in [2.05, 4.69) is 28.0 Å². The summed E-state index contributed by atoms with van der Waals surface area (Å²) < 4.78 is 1.87. The van der Waals surface area contributed by atoms with Crippen LogP contribution < -0.4 is 0 Å². The van der Waals surface area contributed by atoms with Crippen molar-refractivity contribution in [1.29, 1.82) is 0 Å². The molecule has 2 aromatic rings. The van der Waals surface area contributed by atoms with E-state index in [-0.39, 0.29) is 5.66 Å². The van der Waals surface area contributed by atoms with E-state index in [0.29, 0.717) is 12.3 Å². The first kappa shape index (κ1) is 15.7. The number of amides is 1. The Hall–Kier alpha value is -1.85. The first-order chi connectivity index (χ1) is 11.6. The van der Waals surface area contributed by atoms with Gasteiger partial charge in [0, 0.05) is 42.8 Å². The number of hydrogen-bond donors (Lipinski definition) is 0. The lowest BCUT2D eigenvalue weighted by Crippen LogP contribution is -2.60. The molecule has 126 valence electrons. The van der Waals surface area contributed by atoms with Gasteiger partial charge in [-0.1, -0.05) is 11.6 Å². The van der Waals surface area contributed by atoms with Gasteiger partial charge in [0.1, 0.15) is 0 Å². The van der Waals surface area contributed by atoms with E-state index in [1.54, 1.807) is 0 Å². The first-order valence-corrected chi connectivity index (χ1v) is 8.79. The number of halogens is 1. The number of benzene rings is 1. The van der Waals surface area contributed by atoms with Crippen molar-refractivity contribution in [1.82, 2.24) is 19.6 Å². The van der Waals surface area contributed by atoms with Crippen LogP contribution in [0, 0.1) is 0 Å². The zero-order valence-electron chi connectivity index (χ0n) is 13.8. The lowest BCUT2D eigenvalue weighted by atomic mass is 10.0. The van der Waals surface area contributed by atoms with Crippen molar-refractivity contribution >= 4 is 17.5 Å². The Labute approximate surface area is 146 Å². The van der Waals surface area contributed by atoms with Crippen molar-refractivity contribution in [2.24, 2.45) is 0 Å². The molecule has 0 aliphatic carbocycles. The summed E-state index contributed by atoms with van der Waals surface area (Å²) in [5.41, 5.74) is 2.01. The largest absolute Gasteiger partial charge is 0.324 e. The van der Waals surface area contributed by atoms with Gasteiger partial charge >= 0.3 is 0 Å². The molecule has 3 heterocycles. The second-order valence-electron chi connectivity index (χ2n) is 6.81. The van der Waals surface area contributed by atoms with E-state index in [9.17, 15) is 4.79 Å². The highest BCUT2D eigenvalue weighted by molar-refractivity contribution is 6.30. The Morgan fingerprint density at radius 1 is 1.25 bits per heavy atom. The highest BCUT2D eigenvalue weighted by Gasteiger charge is 2.47. The van der Waals surface area contributed by atoms with Gasteiger partial charge in [0.25, 0.3) is 0 Å². The van der Waals surface area contributed by atoms with Gasteiger partial charge in [-0.15, -0.1) is 0 Å². The van der Waals surface area contributed by atoms with Gasteiger partial charge in [0.15, 0.2) is 0 Å². The zero-order valence-corrected chi connectivity index (χ0v) is 14.5. The number of hydrogen-bond acceptors (Lipinski definition) is 3. The second-order valence-corrected chi connectivity index (χ2v) is 7.24. The summed E-state index contributed by atoms with van der Waals surface area (Å²) >= 11 is 5.94. The van der Waals surface area contributed by atoms with Crippen LogP contribution in [0.4, 0.5) is 0 Å². The van der Waals surface area contributed by atoms with E-state index in [1.165, 1.54) is 0 Å². The van der Waals surface area contributed by atoms with Gasteiger partial charge in [-0.3, -0.25) is 9.69 Å². The molecule has 2 aliphatic rings. The fourth-order valence-corrected chi connectivity index (χ4v) is 4.01. The minimum absolute atomic E-state index is 0.141. The smallest absolute Gasteiger partial charge is 0.224 e. The summed E-state index contributed by atoms with van der Waals surface area (Å²) in [5.74, 6) is 0.291. The Morgan fingerprint density at radius 2 is 2.04 bits per heavy atom. The van der Waals surface area contributed by atoms with Crippen molar-refractivity contribution in [3.8, 4) is 5.69 Å².